The smallest absolute Gasteiger partial charge is 0.0233 e. The van der Waals surface area contributed by atoms with Crippen molar-refractivity contribution in [1.82, 2.24) is 0 Å². The molecule has 14 heavy (non-hydrogen) atoms. The number of hydrogen-bond donors (Lipinski definition) is 0. The van der Waals surface area contributed by atoms with Crippen molar-refractivity contribution < 1.29 is 0 Å². The van der Waals surface area contributed by atoms with Crippen LogP contribution in [-0.4, -0.2) is 0 Å². The molecule has 0 aromatic heterocycles. The average molecular weight is 194 g/mol. The predicted octanol–water partition coefficient (Wildman–Crippen LogP) is 4.95. The van der Waals surface area contributed by atoms with E-state index in [1.54, 1.807) is 0 Å². The third-order valence-electron chi connectivity index (χ3n) is 3.57. The average Bonchev–Trinajstić information content (AvgIpc) is 2.21. The molecule has 0 aromatic carbocycles. The van der Waals surface area contributed by atoms with Crippen molar-refractivity contribution in [2.75, 3.05) is 0 Å². The molecule has 0 heteroatoms. The summed E-state index contributed by atoms with van der Waals surface area (Å²) in [6.45, 7) is 4.44. The van der Waals surface area contributed by atoms with Crippen molar-refractivity contribution in [2.24, 2.45) is 11.8 Å². The highest BCUT2D eigenvalue weighted by Gasteiger charge is 2.18. The standard InChI is InChI=1S/C14H26/c1-3-5-6-8-14-11-9-13(7-4-2)10-12-14/h4,7,13-14H,3,5-6,8-12H2,1-2H3/b7-4+. The van der Waals surface area contributed by atoms with E-state index in [0.717, 1.165) is 11.8 Å². The number of allylic oxidation sites excluding steroid dienone is 2. The number of hydrogen-bond acceptors (Lipinski definition) is 0. The van der Waals surface area contributed by atoms with Gasteiger partial charge in [0.15, 0.2) is 0 Å². The first-order valence-corrected chi connectivity index (χ1v) is 6.49. The fourth-order valence-electron chi connectivity index (χ4n) is 2.62. The monoisotopic (exact) mass is 194 g/mol. The zero-order valence-corrected chi connectivity index (χ0v) is 9.97. The van der Waals surface area contributed by atoms with Crippen molar-refractivity contribution >= 4 is 0 Å². The fourth-order valence-corrected chi connectivity index (χ4v) is 2.62. The van der Waals surface area contributed by atoms with E-state index in [1.165, 1.54) is 51.4 Å². The second-order valence-electron chi connectivity index (χ2n) is 4.80. The van der Waals surface area contributed by atoms with Crippen LogP contribution < -0.4 is 0 Å². The molecule has 0 heterocycles. The van der Waals surface area contributed by atoms with Crippen LogP contribution in [0.2, 0.25) is 0 Å². The molecule has 1 saturated carbocycles. The maximum atomic E-state index is 2.41. The van der Waals surface area contributed by atoms with E-state index in [9.17, 15) is 0 Å². The molecule has 0 nitrogen and oxygen atoms in total. The Bertz CT molecular complexity index is 149. The van der Waals surface area contributed by atoms with Gasteiger partial charge in [-0.1, -0.05) is 44.8 Å². The summed E-state index contributed by atoms with van der Waals surface area (Å²) in [7, 11) is 0. The summed E-state index contributed by atoms with van der Waals surface area (Å²) < 4.78 is 0. The highest BCUT2D eigenvalue weighted by molar-refractivity contribution is 4.88. The minimum absolute atomic E-state index is 0.905. The molecule has 1 rings (SSSR count). The molecule has 0 aliphatic heterocycles. The van der Waals surface area contributed by atoms with Crippen LogP contribution >= 0.6 is 0 Å². The molecule has 1 aliphatic rings. The lowest BCUT2D eigenvalue weighted by atomic mass is 9.79. The maximum Gasteiger partial charge on any atom is -0.0233 e. The summed E-state index contributed by atoms with van der Waals surface area (Å²) in [5, 5.41) is 0. The van der Waals surface area contributed by atoms with Crippen molar-refractivity contribution in [3.05, 3.63) is 12.2 Å². The van der Waals surface area contributed by atoms with E-state index in [2.05, 4.69) is 26.0 Å². The van der Waals surface area contributed by atoms with Gasteiger partial charge in [-0.25, -0.2) is 0 Å². The molecule has 0 radical (unpaired) electrons. The van der Waals surface area contributed by atoms with Crippen LogP contribution in [0.5, 0.6) is 0 Å². The molecule has 0 saturated heterocycles. The third kappa shape index (κ3) is 4.30. The molecule has 0 aromatic rings. The lowest BCUT2D eigenvalue weighted by Crippen LogP contribution is -2.12. The summed E-state index contributed by atoms with van der Waals surface area (Å²) in [5.74, 6) is 1.96. The summed E-state index contributed by atoms with van der Waals surface area (Å²) in [4.78, 5) is 0. The van der Waals surface area contributed by atoms with Gasteiger partial charge in [0, 0.05) is 0 Å². The van der Waals surface area contributed by atoms with Crippen molar-refractivity contribution in [1.29, 1.82) is 0 Å². The number of rotatable bonds is 5. The SMILES string of the molecule is C/C=C/C1CCC(CCCCC)CC1. The Morgan fingerprint density at radius 3 is 2.36 bits per heavy atom. The molecular weight excluding hydrogens is 168 g/mol. The zero-order valence-electron chi connectivity index (χ0n) is 9.97. The molecule has 1 fully saturated rings. The highest BCUT2D eigenvalue weighted by Crippen LogP contribution is 2.32. The van der Waals surface area contributed by atoms with Gasteiger partial charge in [-0.15, -0.1) is 0 Å². The van der Waals surface area contributed by atoms with E-state index in [0.29, 0.717) is 0 Å². The van der Waals surface area contributed by atoms with Gasteiger partial charge in [0.1, 0.15) is 0 Å². The van der Waals surface area contributed by atoms with E-state index in [1.807, 2.05) is 0 Å². The first-order chi connectivity index (χ1) is 6.86. The molecule has 82 valence electrons. The van der Waals surface area contributed by atoms with Gasteiger partial charge in [-0.3, -0.25) is 0 Å². The second kappa shape index (κ2) is 7.09. The maximum absolute atomic E-state index is 2.41. The topological polar surface area (TPSA) is 0 Å². The van der Waals surface area contributed by atoms with E-state index in [-0.39, 0.29) is 0 Å². The Hall–Kier alpha value is -0.260. The highest BCUT2D eigenvalue weighted by atomic mass is 14.2. The predicted molar refractivity (Wildman–Crippen MR) is 64.4 cm³/mol. The van der Waals surface area contributed by atoms with Crippen LogP contribution in [0.3, 0.4) is 0 Å². The van der Waals surface area contributed by atoms with Crippen LogP contribution in [-0.2, 0) is 0 Å². The van der Waals surface area contributed by atoms with Crippen molar-refractivity contribution in [2.45, 2.75) is 65.2 Å². The van der Waals surface area contributed by atoms with Crippen LogP contribution in [0.4, 0.5) is 0 Å². The molecule has 0 atom stereocenters. The Morgan fingerprint density at radius 2 is 1.79 bits per heavy atom. The van der Waals surface area contributed by atoms with Gasteiger partial charge in [0.25, 0.3) is 0 Å². The first-order valence-electron chi connectivity index (χ1n) is 6.49. The molecule has 0 N–H and O–H groups in total. The van der Waals surface area contributed by atoms with E-state index in [4.69, 9.17) is 0 Å². The summed E-state index contributed by atoms with van der Waals surface area (Å²) in [5.41, 5.74) is 0. The number of unbranched alkanes of at least 4 members (excludes halogenated alkanes) is 2. The van der Waals surface area contributed by atoms with Crippen LogP contribution in [0.1, 0.15) is 65.2 Å². The molecule has 1 aliphatic carbocycles. The molecular formula is C14H26. The van der Waals surface area contributed by atoms with Gasteiger partial charge in [-0.2, -0.15) is 0 Å². The first kappa shape index (κ1) is 11.8. The van der Waals surface area contributed by atoms with Crippen LogP contribution in [0, 0.1) is 11.8 Å². The minimum Gasteiger partial charge on any atom is -0.0914 e. The van der Waals surface area contributed by atoms with Gasteiger partial charge in [-0.05, 0) is 44.4 Å². The van der Waals surface area contributed by atoms with Gasteiger partial charge >= 0.3 is 0 Å². The normalized spacial score (nSPS) is 28.4. The minimum atomic E-state index is 0.905. The molecule has 0 spiro atoms. The Balaban J connectivity index is 2.09. The van der Waals surface area contributed by atoms with Crippen LogP contribution in [0.15, 0.2) is 12.2 Å². The molecule has 0 amide bonds. The largest absolute Gasteiger partial charge is 0.0914 e. The van der Waals surface area contributed by atoms with Crippen LogP contribution in [0.25, 0.3) is 0 Å². The quantitative estimate of drug-likeness (QED) is 0.429. The summed E-state index contributed by atoms with van der Waals surface area (Å²) in [6, 6.07) is 0. The Kier molecular flexibility index (Phi) is 5.98. The third-order valence-corrected chi connectivity index (χ3v) is 3.57. The van der Waals surface area contributed by atoms with E-state index < -0.39 is 0 Å². The van der Waals surface area contributed by atoms with Crippen molar-refractivity contribution in [3.63, 3.8) is 0 Å². The second-order valence-corrected chi connectivity index (χ2v) is 4.80. The molecule has 0 unspecified atom stereocenters. The van der Waals surface area contributed by atoms with Gasteiger partial charge in [0.05, 0.1) is 0 Å². The summed E-state index contributed by atoms with van der Waals surface area (Å²) >= 11 is 0. The lowest BCUT2D eigenvalue weighted by molar-refractivity contribution is 0.289. The zero-order chi connectivity index (χ0) is 10.2. The van der Waals surface area contributed by atoms with Gasteiger partial charge < -0.3 is 0 Å². The fraction of sp³-hybridized carbons (Fsp3) is 0.857. The Labute approximate surface area is 89.8 Å². The lowest BCUT2D eigenvalue weighted by Gasteiger charge is -2.26. The van der Waals surface area contributed by atoms with E-state index >= 15 is 0 Å². The van der Waals surface area contributed by atoms with Gasteiger partial charge in [0.2, 0.25) is 0 Å². The Morgan fingerprint density at radius 1 is 1.07 bits per heavy atom. The molecule has 0 bridgehead atoms. The van der Waals surface area contributed by atoms with Crippen molar-refractivity contribution in [3.8, 4) is 0 Å². The summed E-state index contributed by atoms with van der Waals surface area (Å²) in [6.07, 6.45) is 16.3.